The van der Waals surface area contributed by atoms with Gasteiger partial charge in [0.25, 0.3) is 0 Å². The lowest BCUT2D eigenvalue weighted by atomic mass is 10.1. The molecule has 1 unspecified atom stereocenters. The van der Waals surface area contributed by atoms with E-state index in [1.165, 1.54) is 12.1 Å². The van der Waals surface area contributed by atoms with Gasteiger partial charge in [-0.25, -0.2) is 8.78 Å². The molecule has 0 aliphatic carbocycles. The lowest BCUT2D eigenvalue weighted by Gasteiger charge is -2.30. The lowest BCUT2D eigenvalue weighted by Crippen LogP contribution is -2.34. The molecule has 4 heteroatoms. The van der Waals surface area contributed by atoms with Gasteiger partial charge in [0.1, 0.15) is 17.3 Å². The van der Waals surface area contributed by atoms with Crippen LogP contribution < -0.4 is 10.6 Å². The summed E-state index contributed by atoms with van der Waals surface area (Å²) in [6.45, 7) is 3.17. The molecule has 0 saturated carbocycles. The number of rotatable bonds is 3. The normalized spacial score (nSPS) is 20.4. The van der Waals surface area contributed by atoms with Crippen LogP contribution >= 0.6 is 0 Å². The third-order valence-corrected chi connectivity index (χ3v) is 3.85. The Bertz CT molecular complexity index is 411. The maximum atomic E-state index is 14.2. The van der Waals surface area contributed by atoms with Gasteiger partial charge >= 0.3 is 0 Å². The highest BCUT2D eigenvalue weighted by Crippen LogP contribution is 2.30. The molecule has 0 bridgehead atoms. The molecule has 2 N–H and O–H groups in total. The van der Waals surface area contributed by atoms with E-state index in [1.54, 1.807) is 0 Å². The van der Waals surface area contributed by atoms with E-state index in [-0.39, 0.29) is 11.7 Å². The molecule has 106 valence electrons. The van der Waals surface area contributed by atoms with Crippen molar-refractivity contribution in [2.45, 2.75) is 45.1 Å². The smallest absolute Gasteiger partial charge is 0.149 e. The van der Waals surface area contributed by atoms with Crippen molar-refractivity contribution in [1.29, 1.82) is 0 Å². The lowest BCUT2D eigenvalue weighted by molar-refractivity contribution is 0.542. The highest BCUT2D eigenvalue weighted by molar-refractivity contribution is 5.51. The minimum Gasteiger partial charge on any atom is -0.364 e. The third-order valence-electron chi connectivity index (χ3n) is 3.85. The van der Waals surface area contributed by atoms with Crippen molar-refractivity contribution in [3.8, 4) is 0 Å². The second-order valence-electron chi connectivity index (χ2n) is 5.34. The molecule has 1 aliphatic heterocycles. The van der Waals surface area contributed by atoms with Crippen LogP contribution in [0.5, 0.6) is 0 Å². The maximum Gasteiger partial charge on any atom is 0.149 e. The topological polar surface area (TPSA) is 29.3 Å². The van der Waals surface area contributed by atoms with Gasteiger partial charge in [-0.15, -0.1) is 0 Å². The highest BCUT2D eigenvalue weighted by atomic mass is 19.1. The molecule has 0 amide bonds. The molecule has 1 aromatic carbocycles. The number of nitrogens with two attached hydrogens (primary N) is 1. The first-order valence-electron chi connectivity index (χ1n) is 7.08. The number of halogens is 2. The van der Waals surface area contributed by atoms with E-state index in [2.05, 4.69) is 0 Å². The molecular weight excluding hydrogens is 246 g/mol. The minimum absolute atomic E-state index is 0.134. The van der Waals surface area contributed by atoms with E-state index in [0.717, 1.165) is 32.2 Å². The Hall–Kier alpha value is -1.16. The molecule has 1 fully saturated rings. The van der Waals surface area contributed by atoms with Crippen molar-refractivity contribution >= 4 is 5.69 Å². The third kappa shape index (κ3) is 3.24. The van der Waals surface area contributed by atoms with Crippen molar-refractivity contribution < 1.29 is 8.78 Å². The van der Waals surface area contributed by atoms with Gasteiger partial charge in [-0.2, -0.15) is 0 Å². The zero-order chi connectivity index (χ0) is 13.8. The van der Waals surface area contributed by atoms with Crippen molar-refractivity contribution in [2.75, 3.05) is 18.0 Å². The molecule has 0 spiro atoms. The molecule has 2 nitrogen and oxygen atoms in total. The summed E-state index contributed by atoms with van der Waals surface area (Å²) in [5.74, 6) is -0.922. The Balaban J connectivity index is 2.32. The number of anilines is 1. The van der Waals surface area contributed by atoms with Crippen LogP contribution in [-0.2, 0) is 6.42 Å². The summed E-state index contributed by atoms with van der Waals surface area (Å²) in [7, 11) is 0. The van der Waals surface area contributed by atoms with Crippen LogP contribution in [-0.4, -0.2) is 19.1 Å². The van der Waals surface area contributed by atoms with Crippen molar-refractivity contribution in [1.82, 2.24) is 0 Å². The SMILES string of the molecule is CC1CCCCCN1c1c(F)cc(CCN)cc1F. The number of hydrogen-bond acceptors (Lipinski definition) is 2. The molecule has 0 radical (unpaired) electrons. The fraction of sp³-hybridized carbons (Fsp3) is 0.600. The van der Waals surface area contributed by atoms with Crippen LogP contribution in [0.15, 0.2) is 12.1 Å². The fourth-order valence-electron chi connectivity index (χ4n) is 2.81. The molecule has 2 rings (SSSR count). The zero-order valence-electron chi connectivity index (χ0n) is 11.5. The number of benzene rings is 1. The summed E-state index contributed by atoms with van der Waals surface area (Å²) < 4.78 is 28.4. The summed E-state index contributed by atoms with van der Waals surface area (Å²) >= 11 is 0. The van der Waals surface area contributed by atoms with Gasteiger partial charge in [0, 0.05) is 12.6 Å². The Labute approximate surface area is 113 Å². The maximum absolute atomic E-state index is 14.2. The minimum atomic E-state index is -0.461. The predicted octanol–water partition coefficient (Wildman–Crippen LogP) is 3.23. The van der Waals surface area contributed by atoms with Crippen molar-refractivity contribution in [3.05, 3.63) is 29.3 Å². The number of nitrogens with zero attached hydrogens (tertiary/aromatic N) is 1. The first-order valence-corrected chi connectivity index (χ1v) is 7.08. The van der Waals surface area contributed by atoms with Gasteiger partial charge in [-0.1, -0.05) is 12.8 Å². The average molecular weight is 268 g/mol. The molecule has 19 heavy (non-hydrogen) atoms. The van der Waals surface area contributed by atoms with Gasteiger partial charge in [0.05, 0.1) is 0 Å². The van der Waals surface area contributed by atoms with Gasteiger partial charge in [0.15, 0.2) is 0 Å². The summed E-state index contributed by atoms with van der Waals surface area (Å²) in [6.07, 6.45) is 4.75. The standard InChI is InChI=1S/C15H22F2N2/c1-11-5-3-2-4-8-19(11)15-13(16)9-12(6-7-18)10-14(15)17/h9-11H,2-8,18H2,1H3. The summed E-state index contributed by atoms with van der Waals surface area (Å²) in [5.41, 5.74) is 6.19. The first-order chi connectivity index (χ1) is 9.13. The molecule has 1 atom stereocenters. The molecular formula is C15H22F2N2. The second-order valence-corrected chi connectivity index (χ2v) is 5.34. The summed E-state index contributed by atoms with van der Waals surface area (Å²) in [5, 5.41) is 0. The summed E-state index contributed by atoms with van der Waals surface area (Å²) in [6, 6.07) is 3.03. The molecule has 1 aromatic rings. The molecule has 1 saturated heterocycles. The Morgan fingerprint density at radius 2 is 1.89 bits per heavy atom. The zero-order valence-corrected chi connectivity index (χ0v) is 11.5. The molecule has 1 aliphatic rings. The van der Waals surface area contributed by atoms with Crippen LogP contribution in [0.25, 0.3) is 0 Å². The van der Waals surface area contributed by atoms with Gasteiger partial charge in [-0.05, 0) is 50.4 Å². The average Bonchev–Trinajstić information content (AvgIpc) is 2.55. The van der Waals surface area contributed by atoms with E-state index >= 15 is 0 Å². The second kappa shape index (κ2) is 6.33. The van der Waals surface area contributed by atoms with Crippen LogP contribution in [0.2, 0.25) is 0 Å². The van der Waals surface area contributed by atoms with Crippen LogP contribution in [0, 0.1) is 11.6 Å². The predicted molar refractivity (Wildman–Crippen MR) is 74.4 cm³/mol. The quantitative estimate of drug-likeness (QED) is 0.912. The van der Waals surface area contributed by atoms with Crippen LogP contribution in [0.3, 0.4) is 0 Å². The van der Waals surface area contributed by atoms with E-state index < -0.39 is 11.6 Å². The Kier molecular flexibility index (Phi) is 4.75. The van der Waals surface area contributed by atoms with Crippen LogP contribution in [0.1, 0.15) is 38.2 Å². The van der Waals surface area contributed by atoms with Crippen LogP contribution in [0.4, 0.5) is 14.5 Å². The molecule has 0 aromatic heterocycles. The Morgan fingerprint density at radius 3 is 2.53 bits per heavy atom. The number of hydrogen-bond donors (Lipinski definition) is 1. The van der Waals surface area contributed by atoms with Gasteiger partial charge < -0.3 is 10.6 Å². The summed E-state index contributed by atoms with van der Waals surface area (Å²) in [4.78, 5) is 1.88. The fourth-order valence-corrected chi connectivity index (χ4v) is 2.81. The highest BCUT2D eigenvalue weighted by Gasteiger charge is 2.23. The van der Waals surface area contributed by atoms with E-state index in [9.17, 15) is 8.78 Å². The van der Waals surface area contributed by atoms with E-state index in [4.69, 9.17) is 5.73 Å². The monoisotopic (exact) mass is 268 g/mol. The van der Waals surface area contributed by atoms with E-state index in [1.807, 2.05) is 11.8 Å². The molecule has 1 heterocycles. The van der Waals surface area contributed by atoms with Gasteiger partial charge in [-0.3, -0.25) is 0 Å². The first kappa shape index (κ1) is 14.3. The van der Waals surface area contributed by atoms with Crippen molar-refractivity contribution in [2.24, 2.45) is 5.73 Å². The van der Waals surface area contributed by atoms with Crippen molar-refractivity contribution in [3.63, 3.8) is 0 Å². The largest absolute Gasteiger partial charge is 0.364 e. The van der Waals surface area contributed by atoms with Gasteiger partial charge in [0.2, 0.25) is 0 Å². The Morgan fingerprint density at radius 1 is 1.21 bits per heavy atom. The van der Waals surface area contributed by atoms with E-state index in [0.29, 0.717) is 18.5 Å².